The molecule has 6 nitrogen and oxygen atoms in total. The minimum absolute atomic E-state index is 0.0336. The van der Waals surface area contributed by atoms with Gasteiger partial charge in [0.15, 0.2) is 6.61 Å². The average Bonchev–Trinajstić information content (AvgIpc) is 2.78. The highest BCUT2D eigenvalue weighted by atomic mass is 32.2. The summed E-state index contributed by atoms with van der Waals surface area (Å²) in [5.41, 5.74) is 0.593. The van der Waals surface area contributed by atoms with E-state index in [9.17, 15) is 13.2 Å². The number of nitrogens with one attached hydrogen (secondary N) is 1. The van der Waals surface area contributed by atoms with E-state index in [0.29, 0.717) is 18.0 Å². The largest absolute Gasteiger partial charge is 0.484 e. The molecule has 2 aromatic carbocycles. The molecule has 1 amide bonds. The number of ether oxygens (including phenoxy) is 1. The number of nitrogens with zero attached hydrogens (tertiary/aromatic N) is 1. The molecule has 0 heterocycles. The number of anilines is 1. The quantitative estimate of drug-likeness (QED) is 0.624. The van der Waals surface area contributed by atoms with Gasteiger partial charge in [-0.2, -0.15) is 0 Å². The molecule has 4 aliphatic carbocycles. The van der Waals surface area contributed by atoms with E-state index in [4.69, 9.17) is 4.74 Å². The van der Waals surface area contributed by atoms with Gasteiger partial charge in [0, 0.05) is 12.1 Å². The minimum Gasteiger partial charge on any atom is -0.484 e. The van der Waals surface area contributed by atoms with Crippen LogP contribution in [0.5, 0.6) is 5.75 Å². The predicted molar refractivity (Wildman–Crippen MR) is 128 cm³/mol. The number of amides is 1. The highest BCUT2D eigenvalue weighted by Gasteiger charge is 2.51. The molecular weight excluding hydrogens is 436 g/mol. The van der Waals surface area contributed by atoms with Gasteiger partial charge in [0.25, 0.3) is 15.9 Å². The van der Waals surface area contributed by atoms with Crippen molar-refractivity contribution in [2.75, 3.05) is 17.5 Å². The van der Waals surface area contributed by atoms with Gasteiger partial charge in [-0.25, -0.2) is 8.42 Å². The van der Waals surface area contributed by atoms with E-state index in [1.165, 1.54) is 35.7 Å². The van der Waals surface area contributed by atoms with Gasteiger partial charge < -0.3 is 10.1 Å². The summed E-state index contributed by atoms with van der Waals surface area (Å²) in [6, 6.07) is 15.4. The van der Waals surface area contributed by atoms with Gasteiger partial charge in [0.2, 0.25) is 0 Å². The van der Waals surface area contributed by atoms with Gasteiger partial charge in [-0.1, -0.05) is 18.2 Å². The molecule has 4 fully saturated rings. The van der Waals surface area contributed by atoms with E-state index in [2.05, 4.69) is 5.32 Å². The van der Waals surface area contributed by atoms with E-state index in [-0.39, 0.29) is 22.9 Å². The van der Waals surface area contributed by atoms with Crippen LogP contribution in [0.25, 0.3) is 0 Å². The highest BCUT2D eigenvalue weighted by molar-refractivity contribution is 7.92. The van der Waals surface area contributed by atoms with Crippen LogP contribution in [0.15, 0.2) is 59.5 Å². The van der Waals surface area contributed by atoms with Crippen molar-refractivity contribution in [3.63, 3.8) is 0 Å². The second-order valence-electron chi connectivity index (χ2n) is 10.0. The summed E-state index contributed by atoms with van der Waals surface area (Å²) in [5, 5.41) is 3.30. The summed E-state index contributed by atoms with van der Waals surface area (Å²) < 4.78 is 33.3. The molecule has 0 spiro atoms. The second-order valence-corrected chi connectivity index (χ2v) is 11.9. The normalized spacial score (nSPS) is 27.8. The van der Waals surface area contributed by atoms with Crippen LogP contribution in [-0.4, -0.2) is 33.0 Å². The van der Waals surface area contributed by atoms with Crippen LogP contribution in [0.1, 0.15) is 45.4 Å². The van der Waals surface area contributed by atoms with Crippen molar-refractivity contribution in [1.82, 2.24) is 5.32 Å². The molecule has 0 saturated heterocycles. The molecule has 4 bridgehead atoms. The summed E-state index contributed by atoms with van der Waals surface area (Å²) in [4.78, 5) is 12.9. The molecule has 4 saturated carbocycles. The molecule has 0 aromatic heterocycles. The smallest absolute Gasteiger partial charge is 0.264 e. The Morgan fingerprint density at radius 2 is 1.55 bits per heavy atom. The summed E-state index contributed by atoms with van der Waals surface area (Å²) >= 11 is 0. The van der Waals surface area contributed by atoms with Crippen molar-refractivity contribution in [2.24, 2.45) is 17.8 Å². The van der Waals surface area contributed by atoms with Gasteiger partial charge in [0.05, 0.1) is 10.6 Å². The number of para-hydroxylation sites is 1. The molecule has 7 heteroatoms. The Morgan fingerprint density at radius 3 is 2.09 bits per heavy atom. The van der Waals surface area contributed by atoms with Crippen molar-refractivity contribution in [2.45, 2.75) is 55.9 Å². The Morgan fingerprint density at radius 1 is 0.970 bits per heavy atom. The number of carbonyl (C=O) groups is 1. The molecular formula is C26H32N2O4S. The summed E-state index contributed by atoms with van der Waals surface area (Å²) in [5.74, 6) is 2.70. The number of sulfonamides is 1. The monoisotopic (exact) mass is 468 g/mol. The first-order chi connectivity index (χ1) is 15.9. The molecule has 0 radical (unpaired) electrons. The molecule has 0 atom stereocenters. The fraction of sp³-hybridized carbons (Fsp3) is 0.500. The molecule has 2 aromatic rings. The first-order valence-corrected chi connectivity index (χ1v) is 13.4. The van der Waals surface area contributed by atoms with E-state index in [1.54, 1.807) is 24.3 Å². The van der Waals surface area contributed by atoms with Gasteiger partial charge in [-0.05, 0) is 99.6 Å². The highest BCUT2D eigenvalue weighted by Crippen LogP contribution is 2.55. The zero-order valence-corrected chi connectivity index (χ0v) is 19.9. The Balaban J connectivity index is 1.20. The lowest BCUT2D eigenvalue weighted by Gasteiger charge is -2.56. The van der Waals surface area contributed by atoms with E-state index in [1.807, 2.05) is 25.1 Å². The molecule has 0 aliphatic heterocycles. The van der Waals surface area contributed by atoms with Gasteiger partial charge in [0.1, 0.15) is 5.75 Å². The van der Waals surface area contributed by atoms with Crippen LogP contribution in [0.3, 0.4) is 0 Å². The molecule has 176 valence electrons. The van der Waals surface area contributed by atoms with E-state index in [0.717, 1.165) is 37.0 Å². The van der Waals surface area contributed by atoms with E-state index < -0.39 is 10.0 Å². The lowest BCUT2D eigenvalue weighted by atomic mass is 9.53. The standard InChI is InChI=1S/C26H32N2O4S/c1-2-28(22-6-4-3-5-7-22)33(30,31)24-10-8-23(9-11-24)32-18-25(29)27-26-15-19-12-20(16-26)14-21(13-19)17-26/h3-11,19-21H,2,12-18H2,1H3,(H,27,29). The average molecular weight is 469 g/mol. The third kappa shape index (κ3) is 4.47. The Labute approximate surface area is 196 Å². The van der Waals surface area contributed by atoms with Gasteiger partial charge in [-0.15, -0.1) is 0 Å². The fourth-order valence-electron chi connectivity index (χ4n) is 6.67. The summed E-state index contributed by atoms with van der Waals surface area (Å²) in [7, 11) is -3.68. The minimum atomic E-state index is -3.68. The van der Waals surface area contributed by atoms with Crippen LogP contribution in [0.4, 0.5) is 5.69 Å². The van der Waals surface area contributed by atoms with Crippen LogP contribution in [0.2, 0.25) is 0 Å². The lowest BCUT2D eigenvalue weighted by molar-refractivity contribution is -0.128. The maximum absolute atomic E-state index is 13.1. The van der Waals surface area contributed by atoms with Crippen molar-refractivity contribution >= 4 is 21.6 Å². The third-order valence-corrected chi connectivity index (χ3v) is 9.47. The summed E-state index contributed by atoms with van der Waals surface area (Å²) in [6.07, 6.45) is 7.31. The number of hydrogen-bond acceptors (Lipinski definition) is 4. The number of carbonyl (C=O) groups excluding carboxylic acids is 1. The topological polar surface area (TPSA) is 75.7 Å². The Bertz CT molecular complexity index is 1060. The lowest BCUT2D eigenvalue weighted by Crippen LogP contribution is -2.60. The van der Waals surface area contributed by atoms with Gasteiger partial charge in [-0.3, -0.25) is 9.10 Å². The molecule has 1 N–H and O–H groups in total. The van der Waals surface area contributed by atoms with Crippen LogP contribution >= 0.6 is 0 Å². The SMILES string of the molecule is CCN(c1ccccc1)S(=O)(=O)c1ccc(OCC(=O)NC23CC4CC(CC(C4)C2)C3)cc1. The number of benzene rings is 2. The molecule has 6 rings (SSSR count). The van der Waals surface area contributed by atoms with Crippen LogP contribution in [0, 0.1) is 17.8 Å². The number of rotatable bonds is 8. The zero-order chi connectivity index (χ0) is 23.1. The Kier molecular flexibility index (Phi) is 5.85. The maximum Gasteiger partial charge on any atom is 0.264 e. The van der Waals surface area contributed by atoms with Crippen LogP contribution < -0.4 is 14.4 Å². The zero-order valence-electron chi connectivity index (χ0n) is 19.1. The third-order valence-electron chi connectivity index (χ3n) is 7.56. The Hall–Kier alpha value is -2.54. The number of hydrogen-bond donors (Lipinski definition) is 1. The molecule has 4 aliphatic rings. The predicted octanol–water partition coefficient (Wildman–Crippen LogP) is 4.37. The maximum atomic E-state index is 13.1. The first kappa shape index (κ1) is 22.3. The molecule has 0 unspecified atom stereocenters. The fourth-order valence-corrected chi connectivity index (χ4v) is 8.14. The van der Waals surface area contributed by atoms with Crippen molar-refractivity contribution in [3.8, 4) is 5.75 Å². The van der Waals surface area contributed by atoms with Crippen molar-refractivity contribution in [3.05, 3.63) is 54.6 Å². The second kappa shape index (κ2) is 8.67. The molecule has 33 heavy (non-hydrogen) atoms. The van der Waals surface area contributed by atoms with Crippen LogP contribution in [-0.2, 0) is 14.8 Å². The summed E-state index contributed by atoms with van der Waals surface area (Å²) in [6.45, 7) is 2.08. The van der Waals surface area contributed by atoms with Crippen molar-refractivity contribution in [1.29, 1.82) is 0 Å². The van der Waals surface area contributed by atoms with Crippen molar-refractivity contribution < 1.29 is 17.9 Å². The van der Waals surface area contributed by atoms with E-state index >= 15 is 0 Å². The first-order valence-electron chi connectivity index (χ1n) is 12.0. The van der Waals surface area contributed by atoms with Gasteiger partial charge >= 0.3 is 0 Å².